The predicted molar refractivity (Wildman–Crippen MR) is 75.9 cm³/mol. The Morgan fingerprint density at radius 2 is 2.10 bits per heavy atom. The molecular formula is C14H21NO4S. The van der Waals surface area contributed by atoms with Crippen molar-refractivity contribution < 1.29 is 18.3 Å². The summed E-state index contributed by atoms with van der Waals surface area (Å²) in [6.45, 7) is 6.44. The SMILES string of the molecule is Cc1ccc(CO)cc1S(=O)(=O)N1CCOCC1(C)C. The number of nitrogens with zero attached hydrogens (tertiary/aromatic N) is 1. The van der Waals surface area contributed by atoms with E-state index in [1.165, 1.54) is 4.31 Å². The standard InChI is InChI=1S/C14H21NO4S/c1-11-4-5-12(9-16)8-13(11)20(17,18)15-6-7-19-10-14(15,2)3/h4-5,8,16H,6-7,9-10H2,1-3H3. The molecule has 6 heteroatoms. The van der Waals surface area contributed by atoms with Crippen LogP contribution < -0.4 is 0 Å². The lowest BCUT2D eigenvalue weighted by Gasteiger charge is -2.41. The Morgan fingerprint density at radius 1 is 1.40 bits per heavy atom. The van der Waals surface area contributed by atoms with Gasteiger partial charge < -0.3 is 9.84 Å². The number of aliphatic hydroxyl groups is 1. The van der Waals surface area contributed by atoms with E-state index in [0.29, 0.717) is 30.9 Å². The minimum atomic E-state index is -3.59. The van der Waals surface area contributed by atoms with Gasteiger partial charge in [-0.1, -0.05) is 12.1 Å². The number of sulfonamides is 1. The van der Waals surface area contributed by atoms with Crippen LogP contribution in [0.2, 0.25) is 0 Å². The molecule has 0 aliphatic carbocycles. The van der Waals surface area contributed by atoms with Crippen LogP contribution in [0, 0.1) is 6.92 Å². The molecule has 112 valence electrons. The van der Waals surface area contributed by atoms with E-state index in [4.69, 9.17) is 4.74 Å². The molecule has 1 saturated heterocycles. The van der Waals surface area contributed by atoms with E-state index >= 15 is 0 Å². The fourth-order valence-corrected chi connectivity index (χ4v) is 4.46. The van der Waals surface area contributed by atoms with E-state index in [1.807, 2.05) is 13.8 Å². The maximum Gasteiger partial charge on any atom is 0.243 e. The van der Waals surface area contributed by atoms with Crippen molar-refractivity contribution in [3.05, 3.63) is 29.3 Å². The molecule has 2 rings (SSSR count). The molecule has 0 spiro atoms. The second-order valence-corrected chi connectivity index (χ2v) is 7.53. The zero-order chi connectivity index (χ0) is 15.0. The van der Waals surface area contributed by atoms with Crippen molar-refractivity contribution >= 4 is 10.0 Å². The zero-order valence-electron chi connectivity index (χ0n) is 12.1. The third kappa shape index (κ3) is 2.74. The molecule has 20 heavy (non-hydrogen) atoms. The van der Waals surface area contributed by atoms with E-state index in [1.54, 1.807) is 25.1 Å². The number of morpholine rings is 1. The molecule has 0 unspecified atom stereocenters. The van der Waals surface area contributed by atoms with Gasteiger partial charge in [-0.15, -0.1) is 0 Å². The number of hydrogen-bond acceptors (Lipinski definition) is 4. The van der Waals surface area contributed by atoms with Gasteiger partial charge in [-0.2, -0.15) is 4.31 Å². The molecule has 0 saturated carbocycles. The van der Waals surface area contributed by atoms with Crippen molar-refractivity contribution in [2.24, 2.45) is 0 Å². The summed E-state index contributed by atoms with van der Waals surface area (Å²) >= 11 is 0. The molecule has 0 bridgehead atoms. The Balaban J connectivity index is 2.49. The second kappa shape index (κ2) is 5.44. The number of benzene rings is 1. The molecule has 0 radical (unpaired) electrons. The summed E-state index contributed by atoms with van der Waals surface area (Å²) < 4.78 is 32.6. The fourth-order valence-electron chi connectivity index (χ4n) is 2.43. The smallest absolute Gasteiger partial charge is 0.243 e. The third-order valence-electron chi connectivity index (χ3n) is 3.57. The first kappa shape index (κ1) is 15.4. The van der Waals surface area contributed by atoms with Crippen molar-refractivity contribution in [2.45, 2.75) is 37.8 Å². The van der Waals surface area contributed by atoms with Gasteiger partial charge in [0, 0.05) is 6.54 Å². The highest BCUT2D eigenvalue weighted by molar-refractivity contribution is 7.89. The third-order valence-corrected chi connectivity index (χ3v) is 5.83. The molecule has 1 aromatic rings. The van der Waals surface area contributed by atoms with Gasteiger partial charge in [0.2, 0.25) is 10.0 Å². The highest BCUT2D eigenvalue weighted by atomic mass is 32.2. The summed E-state index contributed by atoms with van der Waals surface area (Å²) in [6.07, 6.45) is 0. The molecule has 1 aliphatic rings. The number of rotatable bonds is 3. The summed E-state index contributed by atoms with van der Waals surface area (Å²) in [5.41, 5.74) is 0.711. The van der Waals surface area contributed by atoms with Gasteiger partial charge in [0.05, 0.1) is 30.3 Å². The lowest BCUT2D eigenvalue weighted by Crippen LogP contribution is -2.55. The lowest BCUT2D eigenvalue weighted by atomic mass is 10.1. The Morgan fingerprint density at radius 3 is 2.70 bits per heavy atom. The van der Waals surface area contributed by atoms with E-state index < -0.39 is 15.6 Å². The van der Waals surface area contributed by atoms with Crippen LogP contribution in [0.15, 0.2) is 23.1 Å². The topological polar surface area (TPSA) is 66.8 Å². The second-order valence-electron chi connectivity index (χ2n) is 5.70. The first-order chi connectivity index (χ1) is 9.29. The average molecular weight is 299 g/mol. The maximum absolute atomic E-state index is 12.9. The maximum atomic E-state index is 12.9. The van der Waals surface area contributed by atoms with Crippen molar-refractivity contribution in [1.82, 2.24) is 4.31 Å². The minimum absolute atomic E-state index is 0.171. The Labute approximate surface area is 120 Å². The van der Waals surface area contributed by atoms with Crippen LogP contribution >= 0.6 is 0 Å². The van der Waals surface area contributed by atoms with Crippen molar-refractivity contribution in [2.75, 3.05) is 19.8 Å². The van der Waals surface area contributed by atoms with E-state index in [2.05, 4.69) is 0 Å². The molecule has 1 aromatic carbocycles. The predicted octanol–water partition coefficient (Wildman–Crippen LogP) is 1.29. The van der Waals surface area contributed by atoms with Crippen LogP contribution in [0.1, 0.15) is 25.0 Å². The molecule has 1 fully saturated rings. The Bertz CT molecular complexity index is 595. The lowest BCUT2D eigenvalue weighted by molar-refractivity contribution is -0.00772. The van der Waals surface area contributed by atoms with Crippen LogP contribution in [-0.4, -0.2) is 43.1 Å². The van der Waals surface area contributed by atoms with Crippen LogP contribution in [0.3, 0.4) is 0 Å². The molecule has 0 atom stereocenters. The monoisotopic (exact) mass is 299 g/mol. The van der Waals surface area contributed by atoms with Gasteiger partial charge in [-0.05, 0) is 38.0 Å². The summed E-state index contributed by atoms with van der Waals surface area (Å²) in [6, 6.07) is 5.01. The Kier molecular flexibility index (Phi) is 4.20. The average Bonchev–Trinajstić information content (AvgIpc) is 2.38. The van der Waals surface area contributed by atoms with Crippen LogP contribution in [-0.2, 0) is 21.4 Å². The van der Waals surface area contributed by atoms with Gasteiger partial charge in [0.15, 0.2) is 0 Å². The van der Waals surface area contributed by atoms with Crippen molar-refractivity contribution in [3.63, 3.8) is 0 Å². The van der Waals surface area contributed by atoms with E-state index in [0.717, 1.165) is 0 Å². The van der Waals surface area contributed by atoms with Gasteiger partial charge in [-0.25, -0.2) is 8.42 Å². The molecule has 1 N–H and O–H groups in total. The first-order valence-corrected chi connectivity index (χ1v) is 8.04. The fraction of sp³-hybridized carbons (Fsp3) is 0.571. The van der Waals surface area contributed by atoms with Crippen LogP contribution in [0.4, 0.5) is 0 Å². The minimum Gasteiger partial charge on any atom is -0.392 e. The Hall–Kier alpha value is -0.950. The van der Waals surface area contributed by atoms with Crippen LogP contribution in [0.5, 0.6) is 0 Å². The van der Waals surface area contributed by atoms with Crippen LogP contribution in [0.25, 0.3) is 0 Å². The number of ether oxygens (including phenoxy) is 1. The summed E-state index contributed by atoms with van der Waals surface area (Å²) in [4.78, 5) is 0.263. The molecule has 1 aliphatic heterocycles. The summed E-state index contributed by atoms with van der Waals surface area (Å²) in [7, 11) is -3.59. The van der Waals surface area contributed by atoms with Gasteiger partial charge in [0.1, 0.15) is 0 Å². The van der Waals surface area contributed by atoms with Crippen molar-refractivity contribution in [3.8, 4) is 0 Å². The van der Waals surface area contributed by atoms with E-state index in [-0.39, 0.29) is 11.5 Å². The molecule has 1 heterocycles. The molecule has 0 amide bonds. The summed E-state index contributed by atoms with van der Waals surface area (Å²) in [5, 5.41) is 9.20. The highest BCUT2D eigenvalue weighted by Crippen LogP contribution is 2.29. The molecular weight excluding hydrogens is 278 g/mol. The largest absolute Gasteiger partial charge is 0.392 e. The molecule has 0 aromatic heterocycles. The zero-order valence-corrected chi connectivity index (χ0v) is 12.9. The molecule has 5 nitrogen and oxygen atoms in total. The first-order valence-electron chi connectivity index (χ1n) is 6.60. The van der Waals surface area contributed by atoms with Gasteiger partial charge in [0.25, 0.3) is 0 Å². The van der Waals surface area contributed by atoms with E-state index in [9.17, 15) is 13.5 Å². The number of aryl methyl sites for hydroxylation is 1. The van der Waals surface area contributed by atoms with Gasteiger partial charge in [-0.3, -0.25) is 0 Å². The van der Waals surface area contributed by atoms with Gasteiger partial charge >= 0.3 is 0 Å². The van der Waals surface area contributed by atoms with Crippen molar-refractivity contribution in [1.29, 1.82) is 0 Å². The number of hydrogen-bond donors (Lipinski definition) is 1. The highest BCUT2D eigenvalue weighted by Gasteiger charge is 2.40. The quantitative estimate of drug-likeness (QED) is 0.913. The normalized spacial score (nSPS) is 20.0. The summed E-state index contributed by atoms with van der Waals surface area (Å²) in [5.74, 6) is 0. The number of aliphatic hydroxyl groups excluding tert-OH is 1.